The van der Waals surface area contributed by atoms with Crippen molar-refractivity contribution in [1.82, 2.24) is 4.98 Å². The number of thiazole rings is 1. The van der Waals surface area contributed by atoms with Crippen LogP contribution in [-0.2, 0) is 10.8 Å². The minimum atomic E-state index is -0.157. The minimum Gasteiger partial charge on any atom is -0.507 e. The molecule has 1 aromatic heterocycles. The Labute approximate surface area is 183 Å². The molecule has 0 saturated heterocycles. The average molecular weight is 416 g/mol. The molecule has 0 atom stereocenters. The Balaban J connectivity index is 1.89. The van der Waals surface area contributed by atoms with Gasteiger partial charge in [0.15, 0.2) is 0 Å². The van der Waals surface area contributed by atoms with Crippen molar-refractivity contribution in [2.24, 2.45) is 0 Å². The third kappa shape index (κ3) is 3.75. The van der Waals surface area contributed by atoms with Gasteiger partial charge in [0.05, 0.1) is 11.3 Å². The van der Waals surface area contributed by atoms with Crippen LogP contribution < -0.4 is 0 Å². The van der Waals surface area contributed by atoms with Crippen LogP contribution in [0.25, 0.3) is 32.6 Å². The van der Waals surface area contributed by atoms with E-state index in [1.54, 1.807) is 11.3 Å². The Morgan fingerprint density at radius 1 is 0.800 bits per heavy atom. The van der Waals surface area contributed by atoms with Crippen LogP contribution in [0.2, 0.25) is 0 Å². The van der Waals surface area contributed by atoms with E-state index in [-0.39, 0.29) is 10.8 Å². The number of hydrogen-bond donors (Lipinski definition) is 1. The highest BCUT2D eigenvalue weighted by Gasteiger charge is 2.26. The van der Waals surface area contributed by atoms with Crippen molar-refractivity contribution < 1.29 is 5.11 Å². The van der Waals surface area contributed by atoms with E-state index in [1.807, 2.05) is 0 Å². The molecular formula is C27H29NOS. The first-order valence-electron chi connectivity index (χ1n) is 10.4. The molecule has 0 spiro atoms. The summed E-state index contributed by atoms with van der Waals surface area (Å²) < 4.78 is 0. The molecule has 0 aliphatic rings. The molecule has 4 rings (SSSR count). The molecule has 2 nitrogen and oxygen atoms in total. The molecule has 0 aliphatic heterocycles. The Kier molecular flexibility index (Phi) is 4.98. The highest BCUT2D eigenvalue weighted by atomic mass is 32.1. The topological polar surface area (TPSA) is 33.1 Å². The first kappa shape index (κ1) is 20.6. The fourth-order valence-electron chi connectivity index (χ4n) is 3.77. The van der Waals surface area contributed by atoms with Gasteiger partial charge in [-0.25, -0.2) is 4.98 Å². The molecule has 0 aliphatic carbocycles. The smallest absolute Gasteiger partial charge is 0.129 e. The second-order valence-electron chi connectivity index (χ2n) is 9.98. The molecule has 1 heterocycles. The molecule has 30 heavy (non-hydrogen) atoms. The Hall–Kier alpha value is -2.65. The zero-order chi connectivity index (χ0) is 21.7. The maximum absolute atomic E-state index is 11.2. The van der Waals surface area contributed by atoms with Crippen molar-refractivity contribution in [3.63, 3.8) is 0 Å². The van der Waals surface area contributed by atoms with Crippen LogP contribution >= 0.6 is 11.3 Å². The first-order chi connectivity index (χ1) is 14.1. The van der Waals surface area contributed by atoms with Crippen molar-refractivity contribution in [3.8, 4) is 27.6 Å². The lowest BCUT2D eigenvalue weighted by Gasteiger charge is -2.27. The van der Waals surface area contributed by atoms with Crippen molar-refractivity contribution in [2.75, 3.05) is 0 Å². The molecule has 3 aromatic carbocycles. The maximum atomic E-state index is 11.2. The first-order valence-corrected chi connectivity index (χ1v) is 11.3. The summed E-state index contributed by atoms with van der Waals surface area (Å²) in [6, 6.07) is 19.0. The minimum absolute atomic E-state index is 0.0157. The summed E-state index contributed by atoms with van der Waals surface area (Å²) in [5.41, 5.74) is 4.90. The zero-order valence-corrected chi connectivity index (χ0v) is 19.4. The van der Waals surface area contributed by atoms with Crippen LogP contribution in [0.15, 0.2) is 60.0 Å². The van der Waals surface area contributed by atoms with E-state index in [2.05, 4.69) is 102 Å². The van der Waals surface area contributed by atoms with Gasteiger partial charge < -0.3 is 5.11 Å². The van der Waals surface area contributed by atoms with Gasteiger partial charge in [-0.15, -0.1) is 11.3 Å². The van der Waals surface area contributed by atoms with Gasteiger partial charge in [0.1, 0.15) is 10.8 Å². The SMILES string of the molecule is CC(C)(C)c1cc(-c2nc(-c3cccc4ccccc34)cs2)c(O)c(C(C)(C)C)c1. The number of aromatic nitrogens is 1. The lowest BCUT2D eigenvalue weighted by Crippen LogP contribution is -2.17. The molecular weight excluding hydrogens is 386 g/mol. The predicted molar refractivity (Wildman–Crippen MR) is 130 cm³/mol. The molecule has 0 bridgehead atoms. The van der Waals surface area contributed by atoms with Gasteiger partial charge in [-0.05, 0) is 33.2 Å². The molecule has 3 heteroatoms. The van der Waals surface area contributed by atoms with Crippen LogP contribution in [0.4, 0.5) is 0 Å². The molecule has 1 N–H and O–H groups in total. The number of hydrogen-bond acceptors (Lipinski definition) is 3. The van der Waals surface area contributed by atoms with Crippen LogP contribution in [0, 0.1) is 0 Å². The normalized spacial score (nSPS) is 12.5. The molecule has 0 radical (unpaired) electrons. The van der Waals surface area contributed by atoms with Crippen molar-refractivity contribution in [2.45, 2.75) is 52.4 Å². The van der Waals surface area contributed by atoms with Crippen LogP contribution in [0.1, 0.15) is 52.7 Å². The number of nitrogens with zero attached hydrogens (tertiary/aromatic N) is 1. The van der Waals surface area contributed by atoms with Gasteiger partial charge in [-0.2, -0.15) is 0 Å². The lowest BCUT2D eigenvalue weighted by molar-refractivity contribution is 0.446. The highest BCUT2D eigenvalue weighted by Crippen LogP contribution is 2.43. The van der Waals surface area contributed by atoms with Gasteiger partial charge in [0, 0.05) is 16.5 Å². The average Bonchev–Trinajstić information content (AvgIpc) is 3.15. The number of phenols is 1. The second kappa shape index (κ2) is 7.24. The van der Waals surface area contributed by atoms with E-state index in [9.17, 15) is 5.11 Å². The van der Waals surface area contributed by atoms with E-state index in [0.717, 1.165) is 27.4 Å². The van der Waals surface area contributed by atoms with Crippen LogP contribution in [0.5, 0.6) is 5.75 Å². The van der Waals surface area contributed by atoms with E-state index >= 15 is 0 Å². The summed E-state index contributed by atoms with van der Waals surface area (Å²) in [5.74, 6) is 0.342. The van der Waals surface area contributed by atoms with Crippen molar-refractivity contribution in [1.29, 1.82) is 0 Å². The summed E-state index contributed by atoms with van der Waals surface area (Å²) in [6.07, 6.45) is 0. The molecule has 0 saturated carbocycles. The molecule has 0 unspecified atom stereocenters. The number of rotatable bonds is 2. The third-order valence-electron chi connectivity index (χ3n) is 5.58. The number of fused-ring (bicyclic) bond motifs is 1. The number of phenolic OH excluding ortho intramolecular Hbond substituents is 1. The summed E-state index contributed by atoms with van der Waals surface area (Å²) >= 11 is 1.59. The summed E-state index contributed by atoms with van der Waals surface area (Å²) in [6.45, 7) is 13.0. The third-order valence-corrected chi connectivity index (χ3v) is 6.46. The second-order valence-corrected chi connectivity index (χ2v) is 10.8. The quantitative estimate of drug-likeness (QED) is 0.360. The Bertz CT molecular complexity index is 1220. The van der Waals surface area contributed by atoms with E-state index < -0.39 is 0 Å². The highest BCUT2D eigenvalue weighted by molar-refractivity contribution is 7.13. The largest absolute Gasteiger partial charge is 0.507 e. The van der Waals surface area contributed by atoms with Gasteiger partial charge in [0.25, 0.3) is 0 Å². The van der Waals surface area contributed by atoms with Gasteiger partial charge in [-0.3, -0.25) is 0 Å². The Morgan fingerprint density at radius 3 is 2.20 bits per heavy atom. The fourth-order valence-corrected chi connectivity index (χ4v) is 4.61. The summed E-state index contributed by atoms with van der Waals surface area (Å²) in [4.78, 5) is 4.97. The monoisotopic (exact) mass is 415 g/mol. The van der Waals surface area contributed by atoms with Gasteiger partial charge in [0.2, 0.25) is 0 Å². The Morgan fingerprint density at radius 2 is 1.50 bits per heavy atom. The van der Waals surface area contributed by atoms with Gasteiger partial charge >= 0.3 is 0 Å². The summed E-state index contributed by atoms with van der Waals surface area (Å²) in [7, 11) is 0. The zero-order valence-electron chi connectivity index (χ0n) is 18.6. The fraction of sp³-hybridized carbons (Fsp3) is 0.296. The maximum Gasteiger partial charge on any atom is 0.129 e. The van der Waals surface area contributed by atoms with E-state index in [0.29, 0.717) is 5.75 Å². The molecule has 0 fully saturated rings. The predicted octanol–water partition coefficient (Wildman–Crippen LogP) is 7.93. The summed E-state index contributed by atoms with van der Waals surface area (Å²) in [5, 5.41) is 16.5. The van der Waals surface area contributed by atoms with E-state index in [4.69, 9.17) is 4.98 Å². The van der Waals surface area contributed by atoms with Crippen molar-refractivity contribution in [3.05, 3.63) is 71.1 Å². The molecule has 4 aromatic rings. The standard InChI is InChI=1S/C27H29NOS/c1-26(2,3)18-14-21(24(29)22(15-18)27(4,5)6)25-28-23(16-30-25)20-13-9-11-17-10-7-8-12-19(17)20/h7-16,29H,1-6H3. The molecule has 0 amide bonds. The van der Waals surface area contributed by atoms with Crippen molar-refractivity contribution >= 4 is 22.1 Å². The number of aromatic hydroxyl groups is 1. The van der Waals surface area contributed by atoms with Crippen LogP contribution in [-0.4, -0.2) is 10.1 Å². The van der Waals surface area contributed by atoms with Gasteiger partial charge in [-0.1, -0.05) is 90.1 Å². The van der Waals surface area contributed by atoms with E-state index in [1.165, 1.54) is 16.3 Å². The van der Waals surface area contributed by atoms with Crippen LogP contribution in [0.3, 0.4) is 0 Å². The molecule has 154 valence electrons. The number of benzene rings is 3. The lowest BCUT2D eigenvalue weighted by atomic mass is 9.79.